The second-order valence-corrected chi connectivity index (χ2v) is 5.52. The minimum Gasteiger partial charge on any atom is -0.282 e. The molecule has 1 aromatic carbocycles. The monoisotopic (exact) mass is 337 g/mol. The summed E-state index contributed by atoms with van der Waals surface area (Å²) in [7, 11) is 0. The zero-order valence-corrected chi connectivity index (χ0v) is 13.2. The molecule has 0 unspecified atom stereocenters. The van der Waals surface area contributed by atoms with Crippen molar-refractivity contribution in [1.29, 1.82) is 0 Å². The van der Waals surface area contributed by atoms with Crippen LogP contribution in [0.1, 0.15) is 11.4 Å². The van der Waals surface area contributed by atoms with Crippen molar-refractivity contribution in [3.63, 3.8) is 0 Å². The minimum absolute atomic E-state index is 0.0963. The quantitative estimate of drug-likeness (QED) is 0.400. The molecule has 0 spiro atoms. The topological polar surface area (TPSA) is 121 Å². The largest absolute Gasteiger partial charge is 0.285 e. The van der Waals surface area contributed by atoms with E-state index in [0.29, 0.717) is 22.8 Å². The number of hydrogen-bond donors (Lipinski definition) is 0. The van der Waals surface area contributed by atoms with Gasteiger partial charge in [-0.3, -0.25) is 19.5 Å². The summed E-state index contributed by atoms with van der Waals surface area (Å²) in [4.78, 5) is 27.5. The lowest BCUT2D eigenvalue weighted by molar-refractivity contribution is -0.384. The molecule has 0 amide bonds. The van der Waals surface area contributed by atoms with Crippen molar-refractivity contribution in [2.45, 2.75) is 13.8 Å². The molecule has 124 valence electrons. The van der Waals surface area contributed by atoms with E-state index in [-0.39, 0.29) is 11.2 Å². The van der Waals surface area contributed by atoms with Crippen LogP contribution >= 0.6 is 0 Å². The second-order valence-electron chi connectivity index (χ2n) is 5.52. The molecule has 0 radical (unpaired) electrons. The molecule has 0 aliphatic rings. The second kappa shape index (κ2) is 5.16. The molecule has 0 N–H and O–H groups in total. The highest BCUT2D eigenvalue weighted by atomic mass is 16.6. The number of hydrogen-bond acceptors (Lipinski definition) is 7. The third kappa shape index (κ3) is 2.23. The summed E-state index contributed by atoms with van der Waals surface area (Å²) in [5, 5.41) is 23.1. The van der Waals surface area contributed by atoms with Crippen molar-refractivity contribution < 1.29 is 4.92 Å². The number of pyridine rings is 1. The highest BCUT2D eigenvalue weighted by Crippen LogP contribution is 2.20. The van der Waals surface area contributed by atoms with E-state index in [4.69, 9.17) is 0 Å². The van der Waals surface area contributed by atoms with Crippen molar-refractivity contribution in [1.82, 2.24) is 29.4 Å². The third-order valence-electron chi connectivity index (χ3n) is 3.87. The van der Waals surface area contributed by atoms with E-state index in [2.05, 4.69) is 20.3 Å². The predicted molar refractivity (Wildman–Crippen MR) is 87.8 cm³/mol. The van der Waals surface area contributed by atoms with Gasteiger partial charge in [0.2, 0.25) is 0 Å². The van der Waals surface area contributed by atoms with Gasteiger partial charge in [0.15, 0.2) is 5.52 Å². The van der Waals surface area contributed by atoms with Crippen LogP contribution in [0.15, 0.2) is 35.3 Å². The van der Waals surface area contributed by atoms with Gasteiger partial charge in [0.1, 0.15) is 11.3 Å². The Kier molecular flexibility index (Phi) is 3.07. The van der Waals surface area contributed by atoms with E-state index in [0.717, 1.165) is 5.56 Å². The van der Waals surface area contributed by atoms with Crippen LogP contribution in [0, 0.1) is 24.0 Å². The molecule has 0 aliphatic carbocycles. The van der Waals surface area contributed by atoms with Gasteiger partial charge < -0.3 is 0 Å². The van der Waals surface area contributed by atoms with Crippen LogP contribution in [0.25, 0.3) is 22.5 Å². The standard InChI is InChI=1S/C15H11N7O3/c1-8-3-4-10(22(24)25)7-12(8)20-6-5-11-13(14(20)23)17-18-15-16-9(2)19-21(11)15/h3-7H,1-2H3. The average Bonchev–Trinajstić information content (AvgIpc) is 2.96. The Labute approximate surface area is 139 Å². The molecule has 0 bridgehead atoms. The lowest BCUT2D eigenvalue weighted by atomic mass is 10.1. The molecular weight excluding hydrogens is 326 g/mol. The number of benzene rings is 1. The molecule has 10 nitrogen and oxygen atoms in total. The highest BCUT2D eigenvalue weighted by Gasteiger charge is 2.15. The first-order chi connectivity index (χ1) is 12.0. The fourth-order valence-corrected chi connectivity index (χ4v) is 2.67. The van der Waals surface area contributed by atoms with Gasteiger partial charge in [-0.15, -0.1) is 15.3 Å². The SMILES string of the molecule is Cc1nc2nnc3c(=O)n(-c4cc([N+](=O)[O-])ccc4C)ccc3n2n1. The Bertz CT molecular complexity index is 1230. The van der Waals surface area contributed by atoms with Crippen LogP contribution in [-0.4, -0.2) is 34.3 Å². The van der Waals surface area contributed by atoms with Crippen LogP contribution < -0.4 is 5.56 Å². The number of nitro benzene ring substituents is 1. The first-order valence-electron chi connectivity index (χ1n) is 7.32. The van der Waals surface area contributed by atoms with Gasteiger partial charge in [0.25, 0.3) is 17.0 Å². The molecule has 4 rings (SSSR count). The van der Waals surface area contributed by atoms with E-state index < -0.39 is 10.5 Å². The number of fused-ring (bicyclic) bond motifs is 3. The van der Waals surface area contributed by atoms with E-state index in [1.807, 2.05) is 0 Å². The van der Waals surface area contributed by atoms with Crippen LogP contribution in [-0.2, 0) is 0 Å². The Balaban J connectivity index is 2.03. The lowest BCUT2D eigenvalue weighted by Gasteiger charge is -2.09. The zero-order chi connectivity index (χ0) is 17.7. The van der Waals surface area contributed by atoms with Gasteiger partial charge in [-0.25, -0.2) is 0 Å². The molecule has 0 fully saturated rings. The van der Waals surface area contributed by atoms with E-state index in [9.17, 15) is 14.9 Å². The molecule has 3 aromatic heterocycles. The van der Waals surface area contributed by atoms with Crippen LogP contribution in [0.2, 0.25) is 0 Å². The molecule has 25 heavy (non-hydrogen) atoms. The molecule has 0 saturated carbocycles. The fraction of sp³-hybridized carbons (Fsp3) is 0.133. The number of nitro groups is 1. The molecular formula is C15H11N7O3. The molecule has 0 atom stereocenters. The summed E-state index contributed by atoms with van der Waals surface area (Å²) < 4.78 is 2.76. The summed E-state index contributed by atoms with van der Waals surface area (Å²) in [6, 6.07) is 6.01. The van der Waals surface area contributed by atoms with Crippen LogP contribution in [0.5, 0.6) is 0 Å². The molecule has 0 saturated heterocycles. The van der Waals surface area contributed by atoms with Crippen molar-refractivity contribution in [2.24, 2.45) is 0 Å². The van der Waals surface area contributed by atoms with E-state index in [1.165, 1.54) is 27.4 Å². The maximum Gasteiger partial charge on any atom is 0.285 e. The summed E-state index contributed by atoms with van der Waals surface area (Å²) in [5.74, 6) is 0.814. The summed E-state index contributed by atoms with van der Waals surface area (Å²) >= 11 is 0. The molecule has 3 heterocycles. The van der Waals surface area contributed by atoms with Gasteiger partial charge in [0, 0.05) is 18.3 Å². The van der Waals surface area contributed by atoms with Crippen LogP contribution in [0.4, 0.5) is 5.69 Å². The van der Waals surface area contributed by atoms with Crippen molar-refractivity contribution in [3.8, 4) is 5.69 Å². The van der Waals surface area contributed by atoms with Gasteiger partial charge in [-0.05, 0) is 25.5 Å². The van der Waals surface area contributed by atoms with Gasteiger partial charge in [0.05, 0.1) is 10.6 Å². The number of non-ortho nitro benzene ring substituents is 1. The molecule has 0 aliphatic heterocycles. The Morgan fingerprint density at radius 1 is 1.16 bits per heavy atom. The normalized spacial score (nSPS) is 11.3. The number of aryl methyl sites for hydroxylation is 2. The van der Waals surface area contributed by atoms with Crippen LogP contribution in [0.3, 0.4) is 0 Å². The highest BCUT2D eigenvalue weighted by molar-refractivity contribution is 5.75. The van der Waals surface area contributed by atoms with Crippen molar-refractivity contribution >= 4 is 22.5 Å². The predicted octanol–water partition coefficient (Wildman–Crippen LogP) is 1.35. The number of aromatic nitrogens is 6. The van der Waals surface area contributed by atoms with Crippen molar-refractivity contribution in [3.05, 3.63) is 62.3 Å². The summed E-state index contributed by atoms with van der Waals surface area (Å²) in [6.45, 7) is 3.49. The Morgan fingerprint density at radius 2 is 1.96 bits per heavy atom. The maximum atomic E-state index is 12.8. The van der Waals surface area contributed by atoms with Gasteiger partial charge in [-0.2, -0.15) is 9.50 Å². The average molecular weight is 337 g/mol. The maximum absolute atomic E-state index is 12.8. The minimum atomic E-state index is -0.503. The number of rotatable bonds is 2. The summed E-state index contributed by atoms with van der Waals surface area (Å²) in [6.07, 6.45) is 1.54. The van der Waals surface area contributed by atoms with Crippen molar-refractivity contribution in [2.75, 3.05) is 0 Å². The van der Waals surface area contributed by atoms with E-state index in [1.54, 1.807) is 26.0 Å². The van der Waals surface area contributed by atoms with Gasteiger partial charge >= 0.3 is 0 Å². The Hall–Kier alpha value is -3.69. The molecule has 4 aromatic rings. The first kappa shape index (κ1) is 14.9. The zero-order valence-electron chi connectivity index (χ0n) is 13.2. The van der Waals surface area contributed by atoms with E-state index >= 15 is 0 Å². The molecule has 10 heteroatoms. The third-order valence-corrected chi connectivity index (χ3v) is 3.87. The first-order valence-corrected chi connectivity index (χ1v) is 7.32. The van der Waals surface area contributed by atoms with Gasteiger partial charge in [-0.1, -0.05) is 6.07 Å². The fourth-order valence-electron chi connectivity index (χ4n) is 2.67. The lowest BCUT2D eigenvalue weighted by Crippen LogP contribution is -2.21. The summed E-state index contributed by atoms with van der Waals surface area (Å²) in [5.41, 5.74) is 1.17. The Morgan fingerprint density at radius 3 is 2.72 bits per heavy atom. The smallest absolute Gasteiger partial charge is 0.282 e. The number of nitrogens with zero attached hydrogens (tertiary/aromatic N) is 7.